The Morgan fingerprint density at radius 3 is 2.29 bits per heavy atom. The molecule has 0 bridgehead atoms. The van der Waals surface area contributed by atoms with Gasteiger partial charge in [-0.25, -0.2) is 0 Å². The molecule has 1 aromatic heterocycles. The van der Waals surface area contributed by atoms with Gasteiger partial charge in [0.2, 0.25) is 5.91 Å². The normalized spacial score (nSPS) is 21.5. The van der Waals surface area contributed by atoms with E-state index in [1.807, 2.05) is 23.6 Å². The van der Waals surface area contributed by atoms with Crippen LogP contribution in [-0.4, -0.2) is 90.0 Å². The Hall–Kier alpha value is -1.86. The molecular formula is C24H38N4O3. The molecular weight excluding hydrogens is 392 g/mol. The molecule has 0 radical (unpaired) electrons. The number of carbonyl (C=O) groups is 2. The molecule has 1 aliphatic carbocycles. The van der Waals surface area contributed by atoms with Crippen LogP contribution in [0.25, 0.3) is 0 Å². The monoisotopic (exact) mass is 430 g/mol. The molecule has 1 saturated carbocycles. The minimum Gasteiger partial charge on any atom is -0.378 e. The number of amides is 2. The molecule has 2 saturated heterocycles. The van der Waals surface area contributed by atoms with Gasteiger partial charge >= 0.3 is 0 Å². The van der Waals surface area contributed by atoms with E-state index in [2.05, 4.69) is 9.88 Å². The molecule has 3 fully saturated rings. The van der Waals surface area contributed by atoms with Crippen molar-refractivity contribution < 1.29 is 14.3 Å². The van der Waals surface area contributed by atoms with Crippen molar-refractivity contribution in [3.8, 4) is 0 Å². The van der Waals surface area contributed by atoms with E-state index in [1.165, 1.54) is 32.1 Å². The highest BCUT2D eigenvalue weighted by Gasteiger charge is 2.28. The standard InChI is InChI=1S/C24H38N4O3/c1-18-21(25-19(2)23(18)24(30)28-14-16-31-17-15-28)8-9-22(29)27-12-10-26(11-13-27)20-6-4-3-5-7-20/h20,25H,3-17H2,1-2H3. The Kier molecular flexibility index (Phi) is 7.33. The van der Waals surface area contributed by atoms with E-state index in [4.69, 9.17) is 4.74 Å². The number of aromatic amines is 1. The van der Waals surface area contributed by atoms with E-state index >= 15 is 0 Å². The van der Waals surface area contributed by atoms with Gasteiger partial charge in [0.05, 0.1) is 18.8 Å². The van der Waals surface area contributed by atoms with Crippen LogP contribution in [0.1, 0.15) is 65.8 Å². The highest BCUT2D eigenvalue weighted by atomic mass is 16.5. The smallest absolute Gasteiger partial charge is 0.256 e. The van der Waals surface area contributed by atoms with E-state index in [9.17, 15) is 9.59 Å². The second kappa shape index (κ2) is 10.2. The van der Waals surface area contributed by atoms with E-state index in [1.54, 1.807) is 0 Å². The van der Waals surface area contributed by atoms with Crippen molar-refractivity contribution in [2.45, 2.75) is 64.8 Å². The largest absolute Gasteiger partial charge is 0.378 e. The fourth-order valence-electron chi connectivity index (χ4n) is 5.48. The van der Waals surface area contributed by atoms with Gasteiger partial charge in [-0.05, 0) is 38.7 Å². The maximum Gasteiger partial charge on any atom is 0.256 e. The lowest BCUT2D eigenvalue weighted by atomic mass is 9.94. The molecule has 3 heterocycles. The Morgan fingerprint density at radius 1 is 0.935 bits per heavy atom. The Bertz CT molecular complexity index is 770. The molecule has 172 valence electrons. The first-order valence-electron chi connectivity index (χ1n) is 12.1. The fourth-order valence-corrected chi connectivity index (χ4v) is 5.48. The van der Waals surface area contributed by atoms with Gasteiger partial charge in [0.25, 0.3) is 5.91 Å². The summed E-state index contributed by atoms with van der Waals surface area (Å²) in [5, 5.41) is 0. The predicted molar refractivity (Wildman–Crippen MR) is 120 cm³/mol. The van der Waals surface area contributed by atoms with Crippen LogP contribution < -0.4 is 0 Å². The summed E-state index contributed by atoms with van der Waals surface area (Å²) in [6, 6.07) is 0.734. The van der Waals surface area contributed by atoms with E-state index < -0.39 is 0 Å². The number of H-pyrrole nitrogens is 1. The van der Waals surface area contributed by atoms with E-state index in [0.717, 1.165) is 54.7 Å². The summed E-state index contributed by atoms with van der Waals surface area (Å²) in [6.07, 6.45) is 7.89. The van der Waals surface area contributed by atoms with Crippen LogP contribution >= 0.6 is 0 Å². The number of carbonyl (C=O) groups excluding carboxylic acids is 2. The molecule has 31 heavy (non-hydrogen) atoms. The van der Waals surface area contributed by atoms with Gasteiger partial charge in [-0.1, -0.05) is 19.3 Å². The maximum absolute atomic E-state index is 13.0. The first-order chi connectivity index (χ1) is 15.0. The molecule has 7 heteroatoms. The highest BCUT2D eigenvalue weighted by molar-refractivity contribution is 5.97. The van der Waals surface area contributed by atoms with Crippen molar-refractivity contribution in [3.63, 3.8) is 0 Å². The van der Waals surface area contributed by atoms with Gasteiger partial charge in [0.1, 0.15) is 0 Å². The second-order valence-electron chi connectivity index (χ2n) is 9.34. The van der Waals surface area contributed by atoms with Crippen LogP contribution in [0.15, 0.2) is 0 Å². The molecule has 1 N–H and O–H groups in total. The number of aromatic nitrogens is 1. The maximum atomic E-state index is 13.0. The van der Waals surface area contributed by atoms with Gasteiger partial charge in [-0.2, -0.15) is 0 Å². The van der Waals surface area contributed by atoms with Crippen molar-refractivity contribution in [1.29, 1.82) is 0 Å². The zero-order valence-electron chi connectivity index (χ0n) is 19.3. The lowest BCUT2D eigenvalue weighted by Crippen LogP contribution is -2.52. The van der Waals surface area contributed by atoms with Gasteiger partial charge in [-0.15, -0.1) is 0 Å². The highest BCUT2D eigenvalue weighted by Crippen LogP contribution is 2.24. The molecule has 2 amide bonds. The number of hydrogen-bond donors (Lipinski definition) is 1. The summed E-state index contributed by atoms with van der Waals surface area (Å²) in [6.45, 7) is 10.2. The van der Waals surface area contributed by atoms with Gasteiger partial charge in [-0.3, -0.25) is 14.5 Å². The molecule has 3 aliphatic rings. The number of morpholine rings is 1. The first-order valence-corrected chi connectivity index (χ1v) is 12.1. The summed E-state index contributed by atoms with van der Waals surface area (Å²) in [7, 11) is 0. The Labute approximate surface area is 186 Å². The summed E-state index contributed by atoms with van der Waals surface area (Å²) in [5.41, 5.74) is 3.68. The third kappa shape index (κ3) is 5.14. The summed E-state index contributed by atoms with van der Waals surface area (Å²) >= 11 is 0. The predicted octanol–water partition coefficient (Wildman–Crippen LogP) is 2.51. The zero-order valence-corrected chi connectivity index (χ0v) is 19.3. The van der Waals surface area contributed by atoms with Gasteiger partial charge in [0, 0.05) is 63.1 Å². The van der Waals surface area contributed by atoms with Crippen LogP contribution in [0, 0.1) is 13.8 Å². The van der Waals surface area contributed by atoms with Crippen LogP contribution in [0.4, 0.5) is 0 Å². The first kappa shape index (κ1) is 22.3. The number of aryl methyl sites for hydroxylation is 2. The molecule has 1 aromatic rings. The third-order valence-corrected chi connectivity index (χ3v) is 7.40. The number of rotatable bonds is 5. The Morgan fingerprint density at radius 2 is 1.61 bits per heavy atom. The number of ether oxygens (including phenoxy) is 1. The van der Waals surface area contributed by atoms with E-state index in [0.29, 0.717) is 39.1 Å². The second-order valence-corrected chi connectivity index (χ2v) is 9.34. The van der Waals surface area contributed by atoms with Gasteiger partial charge < -0.3 is 19.5 Å². The lowest BCUT2D eigenvalue weighted by Gasteiger charge is -2.40. The summed E-state index contributed by atoms with van der Waals surface area (Å²) in [5.74, 6) is 0.307. The van der Waals surface area contributed by atoms with Crippen LogP contribution in [0.2, 0.25) is 0 Å². The van der Waals surface area contributed by atoms with Crippen molar-refractivity contribution in [2.75, 3.05) is 52.5 Å². The molecule has 7 nitrogen and oxygen atoms in total. The molecule has 0 atom stereocenters. The van der Waals surface area contributed by atoms with Crippen LogP contribution in [0.5, 0.6) is 0 Å². The molecule has 0 aromatic carbocycles. The summed E-state index contributed by atoms with van der Waals surface area (Å²) in [4.78, 5) is 35.7. The third-order valence-electron chi connectivity index (χ3n) is 7.40. The molecule has 2 aliphatic heterocycles. The average molecular weight is 431 g/mol. The van der Waals surface area contributed by atoms with Crippen molar-refractivity contribution >= 4 is 11.8 Å². The lowest BCUT2D eigenvalue weighted by molar-refractivity contribution is -0.133. The topological polar surface area (TPSA) is 68.9 Å². The minimum absolute atomic E-state index is 0.0750. The van der Waals surface area contributed by atoms with E-state index in [-0.39, 0.29) is 11.8 Å². The number of nitrogens with one attached hydrogen (secondary N) is 1. The Balaban J connectivity index is 1.29. The average Bonchev–Trinajstić information content (AvgIpc) is 3.11. The van der Waals surface area contributed by atoms with Crippen molar-refractivity contribution in [3.05, 3.63) is 22.5 Å². The quantitative estimate of drug-likeness (QED) is 0.779. The molecule has 0 unspecified atom stereocenters. The SMILES string of the molecule is Cc1[nH]c(CCC(=O)N2CCN(C3CCCCC3)CC2)c(C)c1C(=O)N1CCOCC1. The molecule has 0 spiro atoms. The van der Waals surface area contributed by atoms with Crippen LogP contribution in [0.3, 0.4) is 0 Å². The van der Waals surface area contributed by atoms with Gasteiger partial charge in [0.15, 0.2) is 0 Å². The van der Waals surface area contributed by atoms with Crippen LogP contribution in [-0.2, 0) is 16.0 Å². The van der Waals surface area contributed by atoms with Crippen molar-refractivity contribution in [1.82, 2.24) is 19.7 Å². The fraction of sp³-hybridized carbons (Fsp3) is 0.750. The van der Waals surface area contributed by atoms with Crippen molar-refractivity contribution in [2.24, 2.45) is 0 Å². The number of hydrogen-bond acceptors (Lipinski definition) is 4. The summed E-state index contributed by atoms with van der Waals surface area (Å²) < 4.78 is 5.37. The number of piperazine rings is 1. The molecule has 4 rings (SSSR count). The zero-order chi connectivity index (χ0) is 21.8. The number of nitrogens with zero attached hydrogens (tertiary/aromatic N) is 3. The minimum atomic E-state index is 0.0750.